The number of hydrogen-bond acceptors (Lipinski definition) is 6. The predicted molar refractivity (Wildman–Crippen MR) is 117 cm³/mol. The first kappa shape index (κ1) is 21.8. The van der Waals surface area contributed by atoms with Crippen molar-refractivity contribution in [3.63, 3.8) is 0 Å². The number of aliphatic hydroxyl groups excluding tert-OH is 1. The lowest BCUT2D eigenvalue weighted by molar-refractivity contribution is 0.115. The molecule has 0 saturated carbocycles. The number of halogens is 1. The van der Waals surface area contributed by atoms with Gasteiger partial charge in [-0.05, 0) is 48.4 Å². The van der Waals surface area contributed by atoms with Gasteiger partial charge in [0.05, 0.1) is 32.2 Å². The average Bonchev–Trinajstić information content (AvgIpc) is 3.50. The molecule has 4 aromatic rings. The lowest BCUT2D eigenvalue weighted by Gasteiger charge is -2.29. The van der Waals surface area contributed by atoms with Crippen molar-refractivity contribution in [2.45, 2.75) is 25.6 Å². The smallest absolute Gasteiger partial charge is 0.209 e. The number of rotatable bonds is 10. The van der Waals surface area contributed by atoms with Crippen molar-refractivity contribution in [1.82, 2.24) is 9.88 Å². The molecule has 0 fully saturated rings. The van der Waals surface area contributed by atoms with Gasteiger partial charge in [0.2, 0.25) is 5.89 Å². The number of methoxy groups -OCH3 is 1. The molecule has 2 aromatic heterocycles. The van der Waals surface area contributed by atoms with Crippen molar-refractivity contribution < 1.29 is 23.1 Å². The molecule has 0 saturated heterocycles. The quantitative estimate of drug-likeness (QED) is 0.368. The Kier molecular flexibility index (Phi) is 6.99. The Balaban J connectivity index is 1.61. The molecule has 2 aromatic carbocycles. The second-order valence-corrected chi connectivity index (χ2v) is 7.43. The van der Waals surface area contributed by atoms with Gasteiger partial charge in [-0.25, -0.2) is 9.37 Å². The van der Waals surface area contributed by atoms with E-state index >= 15 is 0 Å². The van der Waals surface area contributed by atoms with E-state index in [0.717, 1.165) is 17.1 Å². The molecular formula is C25H25FN2O4. The standard InChI is InChI=1S/C25H25FN2O4/c1-30-21-9-7-18(8-10-21)16-28(22(11-12-29)23-6-3-13-31-23)17-25-27-15-24(32-25)19-4-2-5-20(26)14-19/h2-10,13-15,22,29H,11-12,16-17H2,1H3/t22-/m0/s1. The van der Waals surface area contributed by atoms with Gasteiger partial charge in [-0.1, -0.05) is 24.3 Å². The Morgan fingerprint density at radius 2 is 1.94 bits per heavy atom. The van der Waals surface area contributed by atoms with Crippen LogP contribution >= 0.6 is 0 Å². The Bertz CT molecular complexity index is 1110. The minimum Gasteiger partial charge on any atom is -0.497 e. The number of aromatic nitrogens is 1. The molecule has 166 valence electrons. The molecule has 0 aliphatic rings. The maximum absolute atomic E-state index is 13.6. The minimum absolute atomic E-state index is 0.00457. The Hall–Kier alpha value is -3.42. The van der Waals surface area contributed by atoms with E-state index in [1.54, 1.807) is 31.7 Å². The lowest BCUT2D eigenvalue weighted by Crippen LogP contribution is -2.29. The molecule has 0 amide bonds. The van der Waals surface area contributed by atoms with Crippen LogP contribution in [0.25, 0.3) is 11.3 Å². The Labute approximate surface area is 185 Å². The van der Waals surface area contributed by atoms with Crippen molar-refractivity contribution in [3.8, 4) is 17.1 Å². The lowest BCUT2D eigenvalue weighted by atomic mass is 10.1. The van der Waals surface area contributed by atoms with Crippen LogP contribution in [0.2, 0.25) is 0 Å². The van der Waals surface area contributed by atoms with Gasteiger partial charge in [0.1, 0.15) is 17.3 Å². The molecule has 6 nitrogen and oxygen atoms in total. The normalized spacial score (nSPS) is 12.2. The van der Waals surface area contributed by atoms with Gasteiger partial charge in [-0.2, -0.15) is 0 Å². The molecule has 0 unspecified atom stereocenters. The number of benzene rings is 2. The maximum Gasteiger partial charge on any atom is 0.209 e. The van der Waals surface area contributed by atoms with E-state index in [1.165, 1.54) is 12.1 Å². The van der Waals surface area contributed by atoms with E-state index in [2.05, 4.69) is 9.88 Å². The zero-order valence-corrected chi connectivity index (χ0v) is 17.8. The second-order valence-electron chi connectivity index (χ2n) is 7.43. The SMILES string of the molecule is COc1ccc(CN(Cc2ncc(-c3cccc(F)c3)o2)[C@@H](CCO)c2ccco2)cc1. The first-order valence-corrected chi connectivity index (χ1v) is 10.4. The summed E-state index contributed by atoms with van der Waals surface area (Å²) >= 11 is 0. The summed E-state index contributed by atoms with van der Waals surface area (Å²) in [6.45, 7) is 0.963. The van der Waals surface area contributed by atoms with E-state index in [9.17, 15) is 9.50 Å². The zero-order valence-electron chi connectivity index (χ0n) is 17.8. The van der Waals surface area contributed by atoms with Gasteiger partial charge >= 0.3 is 0 Å². The van der Waals surface area contributed by atoms with Gasteiger partial charge < -0.3 is 18.7 Å². The molecular weight excluding hydrogens is 411 g/mol. The minimum atomic E-state index is -0.331. The summed E-state index contributed by atoms with van der Waals surface area (Å²) in [6.07, 6.45) is 3.71. The molecule has 0 bridgehead atoms. The van der Waals surface area contributed by atoms with Crippen molar-refractivity contribution >= 4 is 0 Å². The van der Waals surface area contributed by atoms with Crippen LogP contribution in [-0.2, 0) is 13.1 Å². The van der Waals surface area contributed by atoms with Gasteiger partial charge in [-0.3, -0.25) is 4.90 Å². The zero-order chi connectivity index (χ0) is 22.3. The first-order valence-electron chi connectivity index (χ1n) is 10.4. The van der Waals surface area contributed by atoms with Gasteiger partial charge in [0, 0.05) is 18.7 Å². The number of hydrogen-bond donors (Lipinski definition) is 1. The van der Waals surface area contributed by atoms with Crippen molar-refractivity contribution in [1.29, 1.82) is 0 Å². The van der Waals surface area contributed by atoms with Crippen LogP contribution in [0.5, 0.6) is 5.75 Å². The van der Waals surface area contributed by atoms with Gasteiger partial charge in [0.25, 0.3) is 0 Å². The van der Waals surface area contributed by atoms with Crippen LogP contribution in [0.3, 0.4) is 0 Å². The van der Waals surface area contributed by atoms with Crippen LogP contribution in [0.15, 0.2) is 82.0 Å². The average molecular weight is 436 g/mol. The number of oxazole rings is 1. The summed E-state index contributed by atoms with van der Waals surface area (Å²) in [6, 6.07) is 17.6. The third-order valence-electron chi connectivity index (χ3n) is 5.26. The highest BCUT2D eigenvalue weighted by molar-refractivity contribution is 5.56. The maximum atomic E-state index is 13.6. The molecule has 0 spiro atoms. The molecule has 0 aliphatic heterocycles. The molecule has 32 heavy (non-hydrogen) atoms. The van der Waals surface area contributed by atoms with Crippen LogP contribution in [-0.4, -0.2) is 28.7 Å². The first-order chi connectivity index (χ1) is 15.7. The number of aliphatic hydroxyl groups is 1. The number of ether oxygens (including phenoxy) is 1. The summed E-state index contributed by atoms with van der Waals surface area (Å²) in [5.41, 5.74) is 1.70. The highest BCUT2D eigenvalue weighted by Gasteiger charge is 2.25. The fourth-order valence-corrected chi connectivity index (χ4v) is 3.68. The van der Waals surface area contributed by atoms with E-state index < -0.39 is 0 Å². The third-order valence-corrected chi connectivity index (χ3v) is 5.26. The van der Waals surface area contributed by atoms with Crippen LogP contribution in [0, 0.1) is 5.82 Å². The predicted octanol–water partition coefficient (Wildman–Crippen LogP) is 5.21. The van der Waals surface area contributed by atoms with Crippen molar-refractivity contribution in [2.24, 2.45) is 0 Å². The van der Waals surface area contributed by atoms with E-state index in [4.69, 9.17) is 13.6 Å². The Morgan fingerprint density at radius 3 is 2.62 bits per heavy atom. The van der Waals surface area contributed by atoms with Crippen LogP contribution in [0.1, 0.15) is 29.7 Å². The van der Waals surface area contributed by atoms with E-state index in [-0.39, 0.29) is 18.5 Å². The van der Waals surface area contributed by atoms with Crippen molar-refractivity contribution in [3.05, 3.63) is 96.2 Å². The fraction of sp³-hybridized carbons (Fsp3) is 0.240. The summed E-state index contributed by atoms with van der Waals surface area (Å²) in [5.74, 6) is 2.20. The van der Waals surface area contributed by atoms with Crippen molar-refractivity contribution in [2.75, 3.05) is 13.7 Å². The van der Waals surface area contributed by atoms with Gasteiger partial charge in [0.15, 0.2) is 5.76 Å². The summed E-state index contributed by atoms with van der Waals surface area (Å²) in [7, 11) is 1.63. The highest BCUT2D eigenvalue weighted by atomic mass is 19.1. The molecule has 2 heterocycles. The number of nitrogens with zero attached hydrogens (tertiary/aromatic N) is 2. The summed E-state index contributed by atoms with van der Waals surface area (Å²) in [4.78, 5) is 6.55. The fourth-order valence-electron chi connectivity index (χ4n) is 3.68. The summed E-state index contributed by atoms with van der Waals surface area (Å²) < 4.78 is 30.5. The third kappa shape index (κ3) is 5.25. The monoisotopic (exact) mass is 436 g/mol. The second kappa shape index (κ2) is 10.3. The van der Waals surface area contributed by atoms with E-state index in [1.807, 2.05) is 36.4 Å². The Morgan fingerprint density at radius 1 is 1.09 bits per heavy atom. The largest absolute Gasteiger partial charge is 0.497 e. The summed E-state index contributed by atoms with van der Waals surface area (Å²) in [5, 5.41) is 9.70. The molecule has 0 radical (unpaired) electrons. The molecule has 0 aliphatic carbocycles. The highest BCUT2D eigenvalue weighted by Crippen LogP contribution is 2.30. The molecule has 7 heteroatoms. The molecule has 1 atom stereocenters. The van der Waals surface area contributed by atoms with Crippen LogP contribution < -0.4 is 4.74 Å². The van der Waals surface area contributed by atoms with Gasteiger partial charge in [-0.15, -0.1) is 0 Å². The number of furan rings is 1. The van der Waals surface area contributed by atoms with E-state index in [0.29, 0.717) is 36.7 Å². The topological polar surface area (TPSA) is 71.9 Å². The molecule has 1 N–H and O–H groups in total. The van der Waals surface area contributed by atoms with Crippen LogP contribution in [0.4, 0.5) is 4.39 Å². The molecule has 4 rings (SSSR count).